The Morgan fingerprint density at radius 3 is 2.55 bits per heavy atom. The summed E-state index contributed by atoms with van der Waals surface area (Å²) in [5.74, 6) is -0.513. The van der Waals surface area contributed by atoms with E-state index < -0.39 is 11.8 Å². The third-order valence-corrected chi connectivity index (χ3v) is 2.89. The van der Waals surface area contributed by atoms with Crippen molar-refractivity contribution in [3.8, 4) is 11.8 Å². The second kappa shape index (κ2) is 6.57. The molecule has 0 aliphatic heterocycles. The van der Waals surface area contributed by atoms with Crippen LogP contribution in [0, 0.1) is 0 Å². The maximum atomic E-state index is 12.3. The van der Waals surface area contributed by atoms with Gasteiger partial charge in [-0.3, -0.25) is 9.59 Å². The highest BCUT2D eigenvalue weighted by atomic mass is 16.5. The van der Waals surface area contributed by atoms with Gasteiger partial charge in [-0.1, -0.05) is 6.07 Å². The molecule has 0 radical (unpaired) electrons. The molecule has 0 saturated heterocycles. The summed E-state index contributed by atoms with van der Waals surface area (Å²) in [6.45, 7) is 0. The van der Waals surface area contributed by atoms with Gasteiger partial charge in [0.15, 0.2) is 0 Å². The second-order valence-electron chi connectivity index (χ2n) is 4.31. The van der Waals surface area contributed by atoms with Crippen LogP contribution in [0.15, 0.2) is 36.4 Å². The number of nitrogens with zero attached hydrogens (tertiary/aromatic N) is 1. The lowest BCUT2D eigenvalue weighted by atomic mass is 10.2. The number of nitrogens with two attached hydrogens (primary N) is 1. The predicted octanol–water partition coefficient (Wildman–Crippen LogP) is 1.45. The Morgan fingerprint density at radius 2 is 1.91 bits per heavy atom. The summed E-state index contributed by atoms with van der Waals surface area (Å²) in [7, 11) is 2.88. The molecular formula is C15H15N3O4. The van der Waals surface area contributed by atoms with Crippen molar-refractivity contribution in [2.45, 2.75) is 0 Å². The van der Waals surface area contributed by atoms with E-state index in [0.29, 0.717) is 17.1 Å². The van der Waals surface area contributed by atoms with Gasteiger partial charge in [0.25, 0.3) is 5.91 Å². The van der Waals surface area contributed by atoms with E-state index in [1.54, 1.807) is 24.3 Å². The fourth-order valence-corrected chi connectivity index (χ4v) is 1.81. The highest BCUT2D eigenvalue weighted by Crippen LogP contribution is 2.21. The Morgan fingerprint density at radius 1 is 1.14 bits per heavy atom. The van der Waals surface area contributed by atoms with Gasteiger partial charge in [-0.2, -0.15) is 4.98 Å². The second-order valence-corrected chi connectivity index (χ2v) is 4.31. The minimum atomic E-state index is -0.570. The SMILES string of the molecule is COc1ccc(C(=O)Nc2cccc(C(N)=O)c2)c(OC)n1. The molecule has 2 amide bonds. The molecule has 1 aromatic heterocycles. The molecule has 0 aliphatic carbocycles. The first-order valence-corrected chi connectivity index (χ1v) is 6.35. The van der Waals surface area contributed by atoms with E-state index >= 15 is 0 Å². The van der Waals surface area contributed by atoms with Crippen LogP contribution in [0.2, 0.25) is 0 Å². The zero-order valence-corrected chi connectivity index (χ0v) is 12.1. The Labute approximate surface area is 127 Å². The van der Waals surface area contributed by atoms with Crippen molar-refractivity contribution in [2.24, 2.45) is 5.73 Å². The molecule has 0 atom stereocenters. The third kappa shape index (κ3) is 3.32. The highest BCUT2D eigenvalue weighted by Gasteiger charge is 2.15. The van der Waals surface area contributed by atoms with Crippen molar-refractivity contribution >= 4 is 17.5 Å². The summed E-state index contributed by atoms with van der Waals surface area (Å²) in [6, 6.07) is 9.42. The summed E-state index contributed by atoms with van der Waals surface area (Å²) < 4.78 is 10.1. The topological polar surface area (TPSA) is 104 Å². The van der Waals surface area contributed by atoms with Crippen molar-refractivity contribution in [3.05, 3.63) is 47.5 Å². The Kier molecular flexibility index (Phi) is 4.57. The summed E-state index contributed by atoms with van der Waals surface area (Å²) in [5, 5.41) is 2.66. The lowest BCUT2D eigenvalue weighted by molar-refractivity contribution is 0.0995. The molecule has 0 saturated carbocycles. The number of pyridine rings is 1. The molecule has 0 unspecified atom stereocenters. The molecular weight excluding hydrogens is 286 g/mol. The van der Waals surface area contributed by atoms with Crippen LogP contribution in [0.5, 0.6) is 11.8 Å². The molecule has 2 rings (SSSR count). The minimum Gasteiger partial charge on any atom is -0.481 e. The maximum Gasteiger partial charge on any atom is 0.261 e. The number of aromatic nitrogens is 1. The molecule has 0 spiro atoms. The lowest BCUT2D eigenvalue weighted by Gasteiger charge is -2.10. The number of carbonyl (C=O) groups is 2. The number of hydrogen-bond donors (Lipinski definition) is 2. The van der Waals surface area contributed by atoms with Gasteiger partial charge in [0.05, 0.1) is 14.2 Å². The molecule has 1 aromatic carbocycles. The van der Waals surface area contributed by atoms with Crippen molar-refractivity contribution in [3.63, 3.8) is 0 Å². The van der Waals surface area contributed by atoms with Gasteiger partial charge in [-0.15, -0.1) is 0 Å². The number of rotatable bonds is 5. The summed E-state index contributed by atoms with van der Waals surface area (Å²) in [4.78, 5) is 27.5. The molecule has 2 aromatic rings. The average Bonchev–Trinajstić information content (AvgIpc) is 2.54. The van der Waals surface area contributed by atoms with Gasteiger partial charge >= 0.3 is 0 Å². The van der Waals surface area contributed by atoms with Gasteiger partial charge in [-0.25, -0.2) is 0 Å². The van der Waals surface area contributed by atoms with E-state index in [2.05, 4.69) is 10.3 Å². The van der Waals surface area contributed by atoms with Gasteiger partial charge in [-0.05, 0) is 24.3 Å². The average molecular weight is 301 g/mol. The van der Waals surface area contributed by atoms with Crippen LogP contribution in [-0.4, -0.2) is 31.0 Å². The number of carbonyl (C=O) groups excluding carboxylic acids is 2. The standard InChI is InChI=1S/C15H15N3O4/c1-21-12-7-6-11(15(18-12)22-2)14(20)17-10-5-3-4-9(8-10)13(16)19/h3-8H,1-2H3,(H2,16,19)(H,17,20). The number of anilines is 1. The number of amides is 2. The van der Waals surface area contributed by atoms with Crippen LogP contribution in [-0.2, 0) is 0 Å². The van der Waals surface area contributed by atoms with E-state index in [-0.39, 0.29) is 11.4 Å². The molecule has 0 aliphatic rings. The van der Waals surface area contributed by atoms with Crippen LogP contribution in [0.3, 0.4) is 0 Å². The van der Waals surface area contributed by atoms with E-state index in [0.717, 1.165) is 0 Å². The van der Waals surface area contributed by atoms with Gasteiger partial charge in [0.2, 0.25) is 17.7 Å². The number of benzene rings is 1. The first kappa shape index (κ1) is 15.3. The van der Waals surface area contributed by atoms with Crippen LogP contribution in [0.1, 0.15) is 20.7 Å². The molecule has 1 heterocycles. The first-order valence-electron chi connectivity index (χ1n) is 6.35. The van der Waals surface area contributed by atoms with E-state index in [1.807, 2.05) is 0 Å². The van der Waals surface area contributed by atoms with E-state index in [4.69, 9.17) is 15.2 Å². The van der Waals surface area contributed by atoms with E-state index in [9.17, 15) is 9.59 Å². The summed E-state index contributed by atoms with van der Waals surface area (Å²) >= 11 is 0. The smallest absolute Gasteiger partial charge is 0.261 e. The summed E-state index contributed by atoms with van der Waals surface area (Å²) in [5.41, 5.74) is 6.20. The molecule has 3 N–H and O–H groups in total. The van der Waals surface area contributed by atoms with Gasteiger partial charge in [0.1, 0.15) is 5.56 Å². The molecule has 0 fully saturated rings. The van der Waals surface area contributed by atoms with Crippen LogP contribution in [0.25, 0.3) is 0 Å². The fraction of sp³-hybridized carbons (Fsp3) is 0.133. The number of ether oxygens (including phenoxy) is 2. The van der Waals surface area contributed by atoms with Crippen molar-refractivity contribution in [1.29, 1.82) is 0 Å². The van der Waals surface area contributed by atoms with Crippen LogP contribution < -0.4 is 20.5 Å². The predicted molar refractivity (Wildman–Crippen MR) is 80.3 cm³/mol. The maximum absolute atomic E-state index is 12.3. The normalized spacial score (nSPS) is 9.91. The quantitative estimate of drug-likeness (QED) is 0.870. The minimum absolute atomic E-state index is 0.142. The summed E-state index contributed by atoms with van der Waals surface area (Å²) in [6.07, 6.45) is 0. The zero-order chi connectivity index (χ0) is 16.1. The Bertz CT molecular complexity index is 716. The van der Waals surface area contributed by atoms with Crippen molar-refractivity contribution < 1.29 is 19.1 Å². The van der Waals surface area contributed by atoms with Crippen LogP contribution in [0.4, 0.5) is 5.69 Å². The first-order chi connectivity index (χ1) is 10.5. The molecule has 114 valence electrons. The third-order valence-electron chi connectivity index (χ3n) is 2.89. The molecule has 22 heavy (non-hydrogen) atoms. The number of nitrogens with one attached hydrogen (secondary N) is 1. The monoisotopic (exact) mass is 301 g/mol. The zero-order valence-electron chi connectivity index (χ0n) is 12.1. The lowest BCUT2D eigenvalue weighted by Crippen LogP contribution is -2.15. The van der Waals surface area contributed by atoms with Crippen molar-refractivity contribution in [1.82, 2.24) is 4.98 Å². The fourth-order valence-electron chi connectivity index (χ4n) is 1.81. The largest absolute Gasteiger partial charge is 0.481 e. The highest BCUT2D eigenvalue weighted by molar-refractivity contribution is 6.06. The van der Waals surface area contributed by atoms with Crippen LogP contribution >= 0.6 is 0 Å². The molecule has 7 heteroatoms. The van der Waals surface area contributed by atoms with Gasteiger partial charge in [0, 0.05) is 17.3 Å². The van der Waals surface area contributed by atoms with E-state index in [1.165, 1.54) is 26.4 Å². The Hall–Kier alpha value is -3.09. The number of hydrogen-bond acceptors (Lipinski definition) is 5. The Balaban J connectivity index is 2.25. The molecule has 7 nitrogen and oxygen atoms in total. The number of primary amides is 1. The van der Waals surface area contributed by atoms with Gasteiger partial charge < -0.3 is 20.5 Å². The molecule has 0 bridgehead atoms. The van der Waals surface area contributed by atoms with Crippen molar-refractivity contribution in [2.75, 3.05) is 19.5 Å². The number of methoxy groups -OCH3 is 2.